The summed E-state index contributed by atoms with van der Waals surface area (Å²) in [5.41, 5.74) is 1.25. The summed E-state index contributed by atoms with van der Waals surface area (Å²) in [4.78, 5) is 38.7. The maximum Gasteiger partial charge on any atom is 0.343 e. The van der Waals surface area contributed by atoms with Crippen LogP contribution in [-0.2, 0) is 13.0 Å². The maximum absolute atomic E-state index is 13.7. The SMILES string of the molecule is COc1ccc(C(=O)Oc2cc(OCc3ccccc3)cc(OC)c2C(=O)Cc2cc(OC)ccc2C(=O)O)cc1. The first-order valence-corrected chi connectivity index (χ1v) is 12.5. The number of carbonyl (C=O) groups excluding carboxylic acids is 2. The molecule has 0 aliphatic rings. The van der Waals surface area contributed by atoms with Gasteiger partial charge in [-0.3, -0.25) is 4.79 Å². The second-order valence-corrected chi connectivity index (χ2v) is 8.82. The zero-order chi connectivity index (χ0) is 29.4. The van der Waals surface area contributed by atoms with Gasteiger partial charge in [-0.15, -0.1) is 0 Å². The fraction of sp³-hybridized carbons (Fsp3) is 0.156. The summed E-state index contributed by atoms with van der Waals surface area (Å²) in [5, 5.41) is 9.67. The largest absolute Gasteiger partial charge is 0.497 e. The van der Waals surface area contributed by atoms with Gasteiger partial charge in [0.15, 0.2) is 5.78 Å². The highest BCUT2D eigenvalue weighted by molar-refractivity contribution is 6.05. The number of carbonyl (C=O) groups is 3. The van der Waals surface area contributed by atoms with E-state index in [4.69, 9.17) is 23.7 Å². The minimum Gasteiger partial charge on any atom is -0.497 e. The van der Waals surface area contributed by atoms with Crippen LogP contribution in [0.5, 0.6) is 28.7 Å². The van der Waals surface area contributed by atoms with Gasteiger partial charge in [0, 0.05) is 18.6 Å². The Hall–Kier alpha value is -5.31. The van der Waals surface area contributed by atoms with Crippen LogP contribution in [0.1, 0.15) is 42.2 Å². The van der Waals surface area contributed by atoms with Gasteiger partial charge in [-0.2, -0.15) is 0 Å². The first kappa shape index (κ1) is 28.7. The lowest BCUT2D eigenvalue weighted by Crippen LogP contribution is -2.15. The van der Waals surface area contributed by atoms with Crippen molar-refractivity contribution in [1.29, 1.82) is 0 Å². The third-order valence-corrected chi connectivity index (χ3v) is 6.21. The van der Waals surface area contributed by atoms with E-state index in [0.29, 0.717) is 17.2 Å². The van der Waals surface area contributed by atoms with E-state index in [0.717, 1.165) is 5.56 Å². The molecular formula is C32H28O9. The summed E-state index contributed by atoms with van der Waals surface area (Å²) in [6.07, 6.45) is -0.327. The minimum atomic E-state index is -1.20. The van der Waals surface area contributed by atoms with Crippen LogP contribution in [0, 0.1) is 0 Å². The van der Waals surface area contributed by atoms with Gasteiger partial charge in [0.25, 0.3) is 0 Å². The van der Waals surface area contributed by atoms with Crippen LogP contribution >= 0.6 is 0 Å². The molecule has 4 rings (SSSR count). The number of benzene rings is 4. The molecule has 4 aromatic carbocycles. The topological polar surface area (TPSA) is 118 Å². The van der Waals surface area contributed by atoms with Crippen molar-refractivity contribution in [3.63, 3.8) is 0 Å². The lowest BCUT2D eigenvalue weighted by molar-refractivity contribution is 0.0693. The second kappa shape index (κ2) is 13.2. The summed E-state index contributed by atoms with van der Waals surface area (Å²) in [7, 11) is 4.32. The number of hydrogen-bond acceptors (Lipinski definition) is 8. The van der Waals surface area contributed by atoms with Crippen LogP contribution in [-0.4, -0.2) is 44.2 Å². The van der Waals surface area contributed by atoms with Crippen molar-refractivity contribution in [3.8, 4) is 28.7 Å². The first-order chi connectivity index (χ1) is 19.8. The molecule has 0 bridgehead atoms. The Morgan fingerprint density at radius 1 is 0.707 bits per heavy atom. The van der Waals surface area contributed by atoms with E-state index in [9.17, 15) is 19.5 Å². The molecule has 0 unspecified atom stereocenters. The Bertz CT molecular complexity index is 1540. The lowest BCUT2D eigenvalue weighted by atomic mass is 9.97. The summed E-state index contributed by atoms with van der Waals surface area (Å²) < 4.78 is 27.5. The third kappa shape index (κ3) is 7.02. The predicted molar refractivity (Wildman–Crippen MR) is 150 cm³/mol. The number of hydrogen-bond donors (Lipinski definition) is 1. The van der Waals surface area contributed by atoms with E-state index < -0.39 is 17.7 Å². The van der Waals surface area contributed by atoms with Crippen molar-refractivity contribution in [3.05, 3.63) is 113 Å². The van der Waals surface area contributed by atoms with E-state index >= 15 is 0 Å². The van der Waals surface area contributed by atoms with Gasteiger partial charge in [0.05, 0.1) is 32.5 Å². The quantitative estimate of drug-likeness (QED) is 0.134. The molecule has 210 valence electrons. The molecule has 0 aromatic heterocycles. The van der Waals surface area contributed by atoms with Crippen LogP contribution in [0.4, 0.5) is 0 Å². The fourth-order valence-corrected chi connectivity index (χ4v) is 4.11. The number of Topliss-reactive ketones (excluding diaryl/α,β-unsaturated/α-hetero) is 1. The molecule has 0 aliphatic heterocycles. The summed E-state index contributed by atoms with van der Waals surface area (Å²) in [5.74, 6) is -1.22. The molecule has 0 saturated carbocycles. The van der Waals surface area contributed by atoms with E-state index in [-0.39, 0.29) is 46.8 Å². The van der Waals surface area contributed by atoms with E-state index in [1.54, 1.807) is 12.1 Å². The van der Waals surface area contributed by atoms with Crippen LogP contribution < -0.4 is 23.7 Å². The van der Waals surface area contributed by atoms with Crippen LogP contribution in [0.25, 0.3) is 0 Å². The Kier molecular flexibility index (Phi) is 9.21. The number of aromatic carboxylic acids is 1. The standard InChI is InChI=1S/C32H28O9/c1-37-23-11-9-21(10-12-23)32(36)41-29-18-25(40-19-20-7-5-4-6-8-20)17-28(39-3)30(29)27(33)16-22-15-24(38-2)13-14-26(22)31(34)35/h4-15,17-18H,16,19H2,1-3H3,(H,34,35). The van der Waals surface area contributed by atoms with Gasteiger partial charge >= 0.3 is 11.9 Å². The van der Waals surface area contributed by atoms with Crippen LogP contribution in [0.15, 0.2) is 84.9 Å². The Morgan fingerprint density at radius 3 is 2.00 bits per heavy atom. The highest BCUT2D eigenvalue weighted by Gasteiger charge is 2.25. The fourth-order valence-electron chi connectivity index (χ4n) is 4.11. The molecule has 0 saturated heterocycles. The van der Waals surface area contributed by atoms with Crippen molar-refractivity contribution < 1.29 is 43.2 Å². The minimum absolute atomic E-state index is 0.0411. The van der Waals surface area contributed by atoms with Gasteiger partial charge in [0.1, 0.15) is 40.9 Å². The molecule has 0 radical (unpaired) electrons. The Balaban J connectivity index is 1.73. The molecule has 0 fully saturated rings. The average molecular weight is 557 g/mol. The number of rotatable bonds is 12. The summed E-state index contributed by atoms with van der Waals surface area (Å²) in [6.45, 7) is 0.217. The summed E-state index contributed by atoms with van der Waals surface area (Å²) >= 11 is 0. The highest BCUT2D eigenvalue weighted by Crippen LogP contribution is 2.36. The molecule has 0 atom stereocenters. The van der Waals surface area contributed by atoms with Gasteiger partial charge in [-0.1, -0.05) is 30.3 Å². The van der Waals surface area contributed by atoms with Gasteiger partial charge in [0.2, 0.25) is 0 Å². The number of carboxylic acid groups (broad SMARTS) is 1. The molecule has 9 nitrogen and oxygen atoms in total. The number of ether oxygens (including phenoxy) is 5. The molecule has 0 amide bonds. The third-order valence-electron chi connectivity index (χ3n) is 6.21. The molecule has 1 N–H and O–H groups in total. The molecule has 0 aliphatic carbocycles. The van der Waals surface area contributed by atoms with Crippen molar-refractivity contribution in [1.82, 2.24) is 0 Å². The Labute approximate surface area is 236 Å². The highest BCUT2D eigenvalue weighted by atomic mass is 16.5. The zero-order valence-corrected chi connectivity index (χ0v) is 22.7. The summed E-state index contributed by atoms with van der Waals surface area (Å²) in [6, 6.07) is 23.0. The number of methoxy groups -OCH3 is 3. The van der Waals surface area contributed by atoms with Crippen molar-refractivity contribution in [2.24, 2.45) is 0 Å². The molecule has 0 spiro atoms. The monoisotopic (exact) mass is 556 g/mol. The van der Waals surface area contributed by atoms with Crippen molar-refractivity contribution in [2.75, 3.05) is 21.3 Å². The van der Waals surface area contributed by atoms with Crippen molar-refractivity contribution >= 4 is 17.7 Å². The molecule has 0 heterocycles. The number of ketones is 1. The lowest BCUT2D eigenvalue weighted by Gasteiger charge is -2.17. The zero-order valence-electron chi connectivity index (χ0n) is 22.7. The normalized spacial score (nSPS) is 10.4. The first-order valence-electron chi connectivity index (χ1n) is 12.5. The molecule has 9 heteroatoms. The Morgan fingerprint density at radius 2 is 1.37 bits per heavy atom. The van der Waals surface area contributed by atoms with Gasteiger partial charge < -0.3 is 28.8 Å². The smallest absolute Gasteiger partial charge is 0.343 e. The number of carboxylic acids is 1. The predicted octanol–water partition coefficient (Wildman–Crippen LogP) is 5.63. The van der Waals surface area contributed by atoms with Crippen molar-refractivity contribution in [2.45, 2.75) is 13.0 Å². The van der Waals surface area contributed by atoms with Crippen LogP contribution in [0.2, 0.25) is 0 Å². The van der Waals surface area contributed by atoms with E-state index in [2.05, 4.69) is 0 Å². The van der Waals surface area contributed by atoms with Gasteiger partial charge in [-0.25, -0.2) is 9.59 Å². The molecular weight excluding hydrogens is 528 g/mol. The molecule has 4 aromatic rings. The number of esters is 1. The van der Waals surface area contributed by atoms with E-state index in [1.807, 2.05) is 30.3 Å². The molecule has 41 heavy (non-hydrogen) atoms. The van der Waals surface area contributed by atoms with Gasteiger partial charge in [-0.05, 0) is 53.6 Å². The van der Waals surface area contributed by atoms with E-state index in [1.165, 1.54) is 63.8 Å². The van der Waals surface area contributed by atoms with Crippen LogP contribution in [0.3, 0.4) is 0 Å². The second-order valence-electron chi connectivity index (χ2n) is 8.82. The average Bonchev–Trinajstić information content (AvgIpc) is 2.99. The maximum atomic E-state index is 13.7.